The van der Waals surface area contributed by atoms with Gasteiger partial charge in [0.2, 0.25) is 5.91 Å². The van der Waals surface area contributed by atoms with Crippen LogP contribution >= 0.6 is 11.8 Å². The van der Waals surface area contributed by atoms with Gasteiger partial charge in [-0.05, 0) is 49.6 Å². The molecule has 0 unspecified atom stereocenters. The van der Waals surface area contributed by atoms with Crippen molar-refractivity contribution in [1.29, 1.82) is 0 Å². The van der Waals surface area contributed by atoms with E-state index in [1.165, 1.54) is 17.3 Å². The van der Waals surface area contributed by atoms with Gasteiger partial charge in [-0.1, -0.05) is 30.8 Å². The van der Waals surface area contributed by atoms with Crippen LogP contribution in [-0.4, -0.2) is 68.8 Å². The Labute approximate surface area is 198 Å². The molecular formula is C23H27N5O3S2. The third-order valence-corrected chi connectivity index (χ3v) is 8.47. The van der Waals surface area contributed by atoms with Crippen molar-refractivity contribution in [2.45, 2.75) is 37.9 Å². The summed E-state index contributed by atoms with van der Waals surface area (Å²) in [6.07, 6.45) is 4.86. The van der Waals surface area contributed by atoms with Gasteiger partial charge in [0.25, 0.3) is 0 Å². The highest BCUT2D eigenvalue weighted by Crippen LogP contribution is 2.28. The number of benzene rings is 1. The van der Waals surface area contributed by atoms with E-state index in [2.05, 4.69) is 34.2 Å². The summed E-state index contributed by atoms with van der Waals surface area (Å²) >= 11 is 1.31. The number of rotatable bonds is 8. The number of nitrogens with zero attached hydrogens (tertiary/aromatic N) is 5. The van der Waals surface area contributed by atoms with E-state index in [9.17, 15) is 13.2 Å². The Morgan fingerprint density at radius 2 is 1.85 bits per heavy atom. The lowest BCUT2D eigenvalue weighted by Gasteiger charge is -2.26. The number of aryl methyl sites for hydroxylation is 1. The summed E-state index contributed by atoms with van der Waals surface area (Å²) in [7, 11) is -3.06. The number of amides is 1. The minimum Gasteiger partial charge on any atom is -0.338 e. The van der Waals surface area contributed by atoms with E-state index in [0.29, 0.717) is 23.9 Å². The Morgan fingerprint density at radius 3 is 2.45 bits per heavy atom. The number of pyridine rings is 1. The first-order chi connectivity index (χ1) is 15.9. The van der Waals surface area contributed by atoms with Crippen molar-refractivity contribution >= 4 is 27.5 Å². The summed E-state index contributed by atoms with van der Waals surface area (Å²) in [5.41, 5.74) is 3.02. The molecule has 0 radical (unpaired) electrons. The highest BCUT2D eigenvalue weighted by Gasteiger charge is 2.34. The zero-order chi connectivity index (χ0) is 23.4. The van der Waals surface area contributed by atoms with Crippen molar-refractivity contribution in [3.63, 3.8) is 0 Å². The van der Waals surface area contributed by atoms with Crippen LogP contribution in [0.1, 0.15) is 25.8 Å². The largest absolute Gasteiger partial charge is 0.338 e. The molecule has 3 heterocycles. The summed E-state index contributed by atoms with van der Waals surface area (Å²) < 4.78 is 25.7. The molecule has 1 aliphatic heterocycles. The van der Waals surface area contributed by atoms with Gasteiger partial charge in [0, 0.05) is 36.2 Å². The minimum absolute atomic E-state index is 0.0450. The van der Waals surface area contributed by atoms with Crippen LogP contribution in [0.5, 0.6) is 0 Å². The van der Waals surface area contributed by atoms with Gasteiger partial charge in [-0.15, -0.1) is 10.2 Å². The van der Waals surface area contributed by atoms with Gasteiger partial charge in [-0.2, -0.15) is 0 Å². The standard InChI is InChI=1S/C23H27N5O3S2/c1-3-17-5-7-19(8-6-17)28-22(18-9-12-24-13-10-18)25-26-23(28)32-15-21(29)27(4-2)20-11-14-33(30,31)16-20/h5-10,12-13,20H,3-4,11,14-16H2,1-2H3/t20-/m1/s1. The van der Waals surface area contributed by atoms with E-state index < -0.39 is 9.84 Å². The minimum atomic E-state index is -3.06. The maximum atomic E-state index is 13.0. The maximum Gasteiger partial charge on any atom is 0.233 e. The normalized spacial score (nSPS) is 17.2. The van der Waals surface area contributed by atoms with Crippen LogP contribution < -0.4 is 0 Å². The van der Waals surface area contributed by atoms with E-state index in [1.54, 1.807) is 17.3 Å². The number of carbonyl (C=O) groups excluding carboxylic acids is 1. The van der Waals surface area contributed by atoms with Crippen LogP contribution in [0.4, 0.5) is 0 Å². The van der Waals surface area contributed by atoms with Crippen LogP contribution in [0.15, 0.2) is 53.9 Å². The molecule has 3 aromatic rings. The number of thioether (sulfide) groups is 1. The van der Waals surface area contributed by atoms with Crippen LogP contribution in [0.2, 0.25) is 0 Å². The van der Waals surface area contributed by atoms with Gasteiger partial charge >= 0.3 is 0 Å². The fourth-order valence-electron chi connectivity index (χ4n) is 4.03. The molecule has 33 heavy (non-hydrogen) atoms. The predicted octanol–water partition coefficient (Wildman–Crippen LogP) is 3.02. The maximum absolute atomic E-state index is 13.0. The van der Waals surface area contributed by atoms with Crippen molar-refractivity contribution in [2.75, 3.05) is 23.8 Å². The van der Waals surface area contributed by atoms with Crippen LogP contribution in [0.25, 0.3) is 17.1 Å². The Bertz CT molecular complexity index is 1210. The fourth-order valence-corrected chi connectivity index (χ4v) is 6.60. The van der Waals surface area contributed by atoms with Crippen molar-refractivity contribution in [3.8, 4) is 17.1 Å². The smallest absolute Gasteiger partial charge is 0.233 e. The summed E-state index contributed by atoms with van der Waals surface area (Å²) in [5.74, 6) is 0.929. The van der Waals surface area contributed by atoms with Gasteiger partial charge in [-0.25, -0.2) is 8.42 Å². The van der Waals surface area contributed by atoms with Crippen molar-refractivity contribution in [2.24, 2.45) is 0 Å². The highest BCUT2D eigenvalue weighted by atomic mass is 32.2. The summed E-state index contributed by atoms with van der Waals surface area (Å²) in [5, 5.41) is 9.39. The molecule has 0 spiro atoms. The first-order valence-corrected chi connectivity index (χ1v) is 13.8. The quantitative estimate of drug-likeness (QED) is 0.452. The molecule has 1 atom stereocenters. The van der Waals surface area contributed by atoms with Crippen LogP contribution in [-0.2, 0) is 21.1 Å². The Kier molecular flexibility index (Phi) is 7.14. The van der Waals surface area contributed by atoms with Crippen molar-refractivity contribution in [3.05, 3.63) is 54.4 Å². The van der Waals surface area contributed by atoms with Crippen LogP contribution in [0, 0.1) is 0 Å². The Morgan fingerprint density at radius 1 is 1.12 bits per heavy atom. The van der Waals surface area contributed by atoms with Crippen molar-refractivity contribution < 1.29 is 13.2 Å². The van der Waals surface area contributed by atoms with Gasteiger partial charge in [0.05, 0.1) is 17.3 Å². The second-order valence-corrected chi connectivity index (χ2v) is 11.1. The molecule has 0 saturated carbocycles. The molecular weight excluding hydrogens is 458 g/mol. The second kappa shape index (κ2) is 10.0. The SMILES string of the molecule is CCc1ccc(-n2c(SCC(=O)N(CC)[C@@H]3CCS(=O)(=O)C3)nnc2-c2ccncc2)cc1. The molecule has 0 aliphatic carbocycles. The highest BCUT2D eigenvalue weighted by molar-refractivity contribution is 7.99. The number of carbonyl (C=O) groups is 1. The van der Waals surface area contributed by atoms with Gasteiger partial charge in [-0.3, -0.25) is 14.3 Å². The van der Waals surface area contributed by atoms with E-state index in [0.717, 1.165) is 17.7 Å². The molecule has 2 aromatic heterocycles. The third-order valence-electron chi connectivity index (χ3n) is 5.81. The van der Waals surface area contributed by atoms with Gasteiger partial charge in [0.15, 0.2) is 20.8 Å². The Balaban J connectivity index is 1.59. The molecule has 1 fully saturated rings. The predicted molar refractivity (Wildman–Crippen MR) is 129 cm³/mol. The Hall–Kier alpha value is -2.72. The molecule has 4 rings (SSSR count). The topological polar surface area (TPSA) is 98.1 Å². The molecule has 10 heteroatoms. The van der Waals surface area contributed by atoms with E-state index in [1.807, 2.05) is 35.8 Å². The molecule has 1 amide bonds. The first-order valence-electron chi connectivity index (χ1n) is 11.0. The average Bonchev–Trinajstić information content (AvgIpc) is 3.41. The lowest BCUT2D eigenvalue weighted by Crippen LogP contribution is -2.42. The molecule has 8 nitrogen and oxygen atoms in total. The molecule has 1 aliphatic rings. The van der Waals surface area contributed by atoms with E-state index in [4.69, 9.17) is 0 Å². The average molecular weight is 486 g/mol. The van der Waals surface area contributed by atoms with Gasteiger partial charge < -0.3 is 4.90 Å². The lowest BCUT2D eigenvalue weighted by molar-refractivity contribution is -0.129. The van der Waals surface area contributed by atoms with E-state index >= 15 is 0 Å². The summed E-state index contributed by atoms with van der Waals surface area (Å²) in [6.45, 7) is 4.47. The zero-order valence-corrected chi connectivity index (χ0v) is 20.3. The molecule has 0 N–H and O–H groups in total. The molecule has 1 saturated heterocycles. The first kappa shape index (κ1) is 23.4. The van der Waals surface area contributed by atoms with Crippen molar-refractivity contribution in [1.82, 2.24) is 24.6 Å². The monoisotopic (exact) mass is 485 g/mol. The van der Waals surface area contributed by atoms with Crippen LogP contribution in [0.3, 0.4) is 0 Å². The van der Waals surface area contributed by atoms with Gasteiger partial charge in [0.1, 0.15) is 0 Å². The summed E-state index contributed by atoms with van der Waals surface area (Å²) in [4.78, 5) is 18.8. The molecule has 0 bridgehead atoms. The number of hydrogen-bond donors (Lipinski definition) is 0. The molecule has 1 aromatic carbocycles. The summed E-state index contributed by atoms with van der Waals surface area (Å²) in [6, 6.07) is 11.7. The number of aromatic nitrogens is 4. The fraction of sp³-hybridized carbons (Fsp3) is 0.391. The third kappa shape index (κ3) is 5.27. The van der Waals surface area contributed by atoms with E-state index in [-0.39, 0.29) is 29.2 Å². The lowest BCUT2D eigenvalue weighted by atomic mass is 10.1. The second-order valence-electron chi connectivity index (χ2n) is 7.92. The molecule has 174 valence electrons. The zero-order valence-electron chi connectivity index (χ0n) is 18.7. The number of hydrogen-bond acceptors (Lipinski definition) is 7. The number of sulfone groups is 1.